The van der Waals surface area contributed by atoms with Crippen LogP contribution in [0.15, 0.2) is 30.3 Å². The van der Waals surface area contributed by atoms with Crippen molar-refractivity contribution in [3.8, 4) is 0 Å². The normalized spacial score (nSPS) is 22.9. The Morgan fingerprint density at radius 3 is 2.17 bits per heavy atom. The fourth-order valence-electron chi connectivity index (χ4n) is 6.69. The highest BCUT2D eigenvalue weighted by molar-refractivity contribution is 7.92. The van der Waals surface area contributed by atoms with E-state index in [9.17, 15) is 27.9 Å². The molecule has 2 aliphatic rings. The van der Waals surface area contributed by atoms with E-state index in [1.807, 2.05) is 65.0 Å². The Labute approximate surface area is 282 Å². The highest BCUT2D eigenvalue weighted by atomic mass is 32.2. The molecular formula is C35H59N5O6S. The van der Waals surface area contributed by atoms with Gasteiger partial charge in [0.25, 0.3) is 0 Å². The summed E-state index contributed by atoms with van der Waals surface area (Å²) >= 11 is 0. The molecule has 0 spiro atoms. The largest absolute Gasteiger partial charge is 0.390 e. The van der Waals surface area contributed by atoms with E-state index >= 15 is 0 Å². The summed E-state index contributed by atoms with van der Waals surface area (Å²) in [5, 5.41) is 23.6. The summed E-state index contributed by atoms with van der Waals surface area (Å²) in [6.45, 7) is 13.2. The molecule has 1 saturated heterocycles. The van der Waals surface area contributed by atoms with Gasteiger partial charge in [-0.2, -0.15) is 0 Å². The molecule has 11 nitrogen and oxygen atoms in total. The minimum atomic E-state index is -3.82. The molecule has 0 bridgehead atoms. The molecule has 47 heavy (non-hydrogen) atoms. The van der Waals surface area contributed by atoms with Crippen LogP contribution in [0.2, 0.25) is 0 Å². The number of rotatable bonds is 14. The lowest BCUT2D eigenvalue weighted by Gasteiger charge is -2.47. The molecule has 1 saturated carbocycles. The van der Waals surface area contributed by atoms with E-state index in [1.54, 1.807) is 0 Å². The molecule has 266 valence electrons. The van der Waals surface area contributed by atoms with Gasteiger partial charge in [-0.05, 0) is 71.3 Å². The molecule has 1 aliphatic carbocycles. The van der Waals surface area contributed by atoms with Gasteiger partial charge in [-0.15, -0.1) is 0 Å². The zero-order valence-electron chi connectivity index (χ0n) is 29.6. The van der Waals surface area contributed by atoms with Crippen molar-refractivity contribution in [2.24, 2.45) is 11.8 Å². The molecule has 0 aromatic heterocycles. The molecule has 6 atom stereocenters. The lowest BCUT2D eigenvalue weighted by Crippen LogP contribution is -2.64. The van der Waals surface area contributed by atoms with Crippen LogP contribution in [0.3, 0.4) is 0 Å². The number of β-amino-alcohol motifs (C(OH)–C–C–N with tert-alkyl or cyclic N) is 1. The number of hydrogen-bond donors (Lipinski definition) is 5. The molecule has 3 amide bonds. The van der Waals surface area contributed by atoms with Crippen molar-refractivity contribution in [1.29, 1.82) is 0 Å². The minimum absolute atomic E-state index is 0.00864. The predicted molar refractivity (Wildman–Crippen MR) is 185 cm³/mol. The Morgan fingerprint density at radius 2 is 1.60 bits per heavy atom. The summed E-state index contributed by atoms with van der Waals surface area (Å²) in [7, 11) is -3.82. The van der Waals surface area contributed by atoms with Crippen molar-refractivity contribution in [3.05, 3.63) is 35.9 Å². The third-order valence-corrected chi connectivity index (χ3v) is 11.9. The summed E-state index contributed by atoms with van der Waals surface area (Å²) in [4.78, 5) is 42.6. The van der Waals surface area contributed by atoms with E-state index in [0.717, 1.165) is 43.9 Å². The Morgan fingerprint density at radius 1 is 0.979 bits per heavy atom. The summed E-state index contributed by atoms with van der Waals surface area (Å²) in [6, 6.07) is 6.77. The van der Waals surface area contributed by atoms with Crippen LogP contribution in [0.1, 0.15) is 86.1 Å². The lowest BCUT2D eigenvalue weighted by atomic mass is 9.72. The third-order valence-electron chi connectivity index (χ3n) is 9.70. The fourth-order valence-corrected chi connectivity index (χ4v) is 7.28. The molecule has 3 rings (SSSR count). The second-order valence-corrected chi connectivity index (χ2v) is 18.1. The van der Waals surface area contributed by atoms with Gasteiger partial charge in [0.2, 0.25) is 17.7 Å². The average Bonchev–Trinajstić information content (AvgIpc) is 2.97. The van der Waals surface area contributed by atoms with Crippen LogP contribution in [-0.4, -0.2) is 103 Å². The van der Waals surface area contributed by atoms with E-state index in [2.05, 4.69) is 26.2 Å². The first-order chi connectivity index (χ1) is 21.8. The smallest absolute Gasteiger partial charge is 0.244 e. The summed E-state index contributed by atoms with van der Waals surface area (Å²) in [5.41, 5.74) is 0.458. The summed E-state index contributed by atoms with van der Waals surface area (Å²) < 4.78 is 24.1. The maximum Gasteiger partial charge on any atom is 0.244 e. The van der Waals surface area contributed by atoms with Crippen LogP contribution < -0.4 is 21.3 Å². The quantitative estimate of drug-likeness (QED) is 0.201. The van der Waals surface area contributed by atoms with E-state index in [1.165, 1.54) is 13.8 Å². The van der Waals surface area contributed by atoms with Crippen LogP contribution in [0.4, 0.5) is 0 Å². The van der Waals surface area contributed by atoms with Crippen LogP contribution in [0.25, 0.3) is 0 Å². The maximum absolute atomic E-state index is 14.0. The van der Waals surface area contributed by atoms with E-state index in [4.69, 9.17) is 0 Å². The Bertz CT molecular complexity index is 1310. The Balaban J connectivity index is 1.91. The van der Waals surface area contributed by atoms with Gasteiger partial charge in [0.05, 0.1) is 29.5 Å². The molecule has 0 radical (unpaired) electrons. The van der Waals surface area contributed by atoms with Gasteiger partial charge in [0.1, 0.15) is 6.04 Å². The second-order valence-electron chi connectivity index (χ2n) is 15.5. The number of aliphatic hydroxyl groups is 1. The van der Waals surface area contributed by atoms with Crippen LogP contribution in [0.5, 0.6) is 0 Å². The summed E-state index contributed by atoms with van der Waals surface area (Å²) in [5.74, 6) is -0.387. The van der Waals surface area contributed by atoms with Crippen molar-refractivity contribution in [2.75, 3.05) is 25.9 Å². The fraction of sp³-hybridized carbons (Fsp3) is 0.743. The number of likely N-dealkylation sites (tertiary alicyclic amines) is 1. The number of amides is 3. The molecule has 1 aromatic carbocycles. The highest BCUT2D eigenvalue weighted by Gasteiger charge is 2.46. The number of nitrogens with one attached hydrogen (secondary N) is 4. The Hall–Kier alpha value is -2.54. The van der Waals surface area contributed by atoms with Crippen LogP contribution in [-0.2, 0) is 30.6 Å². The van der Waals surface area contributed by atoms with Gasteiger partial charge in [-0.1, -0.05) is 63.4 Å². The van der Waals surface area contributed by atoms with Crippen LogP contribution in [0, 0.1) is 11.8 Å². The SMILES string of the molecule is CC(C)NCC(=O)N[C@H](C(=O)NC(Cc1ccccc1)C(O)CN1C[C@H]2CCCC[C@H]2CC1C(=O)NC(C)(C)C)C(C)(C)S(C)(=O)=O. The molecule has 12 heteroatoms. The lowest BCUT2D eigenvalue weighted by molar-refractivity contribution is -0.133. The zero-order valence-corrected chi connectivity index (χ0v) is 30.5. The molecular weight excluding hydrogens is 618 g/mol. The number of fused-ring (bicyclic) bond motifs is 1. The number of carbonyl (C=O) groups excluding carboxylic acids is 3. The molecule has 2 fully saturated rings. The van der Waals surface area contributed by atoms with E-state index in [0.29, 0.717) is 18.4 Å². The number of sulfone groups is 1. The Kier molecular flexibility index (Phi) is 13.4. The molecule has 1 aliphatic heterocycles. The summed E-state index contributed by atoms with van der Waals surface area (Å²) in [6.07, 6.45) is 5.43. The topological polar surface area (TPSA) is 157 Å². The van der Waals surface area contributed by atoms with Crippen molar-refractivity contribution in [1.82, 2.24) is 26.2 Å². The van der Waals surface area contributed by atoms with Gasteiger partial charge < -0.3 is 26.4 Å². The predicted octanol–water partition coefficient (Wildman–Crippen LogP) is 2.18. The van der Waals surface area contributed by atoms with Gasteiger partial charge in [-0.3, -0.25) is 19.3 Å². The number of carbonyl (C=O) groups is 3. The molecule has 3 unspecified atom stereocenters. The second kappa shape index (κ2) is 16.2. The number of nitrogens with zero attached hydrogens (tertiary/aromatic N) is 1. The van der Waals surface area contributed by atoms with Gasteiger partial charge in [0, 0.05) is 30.9 Å². The molecule has 5 N–H and O–H groups in total. The highest BCUT2D eigenvalue weighted by Crippen LogP contribution is 2.39. The standard InChI is InChI=1S/C35H59N5O6S/c1-23(2)36-20-30(42)38-31(35(6,7)47(8,45)46)33(44)37-27(18-24-14-10-9-11-15-24)29(41)22-40-21-26-17-13-12-16-25(26)19-28(40)32(43)39-34(3,4)5/h9-11,14-15,23,25-29,31,36,41H,12-13,16-22H2,1-8H3,(H,37,44)(H,38,42)(H,39,43)/t25-,26+,27?,28?,29?,31+/m0/s1. The van der Waals surface area contributed by atoms with E-state index < -0.39 is 56.2 Å². The van der Waals surface area contributed by atoms with Crippen molar-refractivity contribution >= 4 is 27.6 Å². The van der Waals surface area contributed by atoms with Gasteiger partial charge in [0.15, 0.2) is 9.84 Å². The monoisotopic (exact) mass is 677 g/mol. The maximum atomic E-state index is 14.0. The van der Waals surface area contributed by atoms with Crippen molar-refractivity contribution in [3.63, 3.8) is 0 Å². The number of benzene rings is 1. The minimum Gasteiger partial charge on any atom is -0.390 e. The van der Waals surface area contributed by atoms with Gasteiger partial charge in [-0.25, -0.2) is 8.42 Å². The van der Waals surface area contributed by atoms with Crippen molar-refractivity contribution in [2.45, 2.75) is 128 Å². The van der Waals surface area contributed by atoms with Gasteiger partial charge >= 0.3 is 0 Å². The van der Waals surface area contributed by atoms with Crippen molar-refractivity contribution < 1.29 is 27.9 Å². The number of hydrogen-bond acceptors (Lipinski definition) is 8. The number of piperidine rings is 1. The zero-order chi connectivity index (χ0) is 35.2. The van der Waals surface area contributed by atoms with E-state index in [-0.39, 0.29) is 31.5 Å². The molecule has 1 aromatic rings. The third kappa shape index (κ3) is 11.3. The number of aliphatic hydroxyl groups excluding tert-OH is 1. The first-order valence-electron chi connectivity index (χ1n) is 17.1. The van der Waals surface area contributed by atoms with Crippen LogP contribution >= 0.6 is 0 Å². The first-order valence-corrected chi connectivity index (χ1v) is 19.0. The molecule has 1 heterocycles. The average molecular weight is 678 g/mol. The first kappa shape index (κ1) is 38.9.